The van der Waals surface area contributed by atoms with Crippen LogP contribution in [0.15, 0.2) is 66.7 Å². The van der Waals surface area contributed by atoms with Crippen LogP contribution in [0.25, 0.3) is 27.5 Å². The van der Waals surface area contributed by atoms with Crippen LogP contribution in [0.2, 0.25) is 0 Å². The minimum atomic E-state index is 0.694. The topological polar surface area (TPSA) is 28.7 Å². The number of aryl methyl sites for hydroxylation is 1. The maximum Gasteiger partial charge on any atom is 0.0991 e. The molecule has 0 N–H and O–H groups in total. The lowest BCUT2D eigenvalue weighted by Crippen LogP contribution is -1.93. The van der Waals surface area contributed by atoms with E-state index < -0.39 is 0 Å². The van der Waals surface area contributed by atoms with Crippen molar-refractivity contribution in [2.24, 2.45) is 0 Å². The van der Waals surface area contributed by atoms with E-state index in [0.29, 0.717) is 5.56 Å². The van der Waals surface area contributed by atoms with Crippen molar-refractivity contribution in [2.45, 2.75) is 6.92 Å². The quantitative estimate of drug-likeness (QED) is 0.485. The highest BCUT2D eigenvalue weighted by Gasteiger charge is 2.12. The van der Waals surface area contributed by atoms with Gasteiger partial charge in [0.25, 0.3) is 0 Å². The van der Waals surface area contributed by atoms with Gasteiger partial charge in [-0.05, 0) is 48.9 Å². The van der Waals surface area contributed by atoms with Gasteiger partial charge in [0.05, 0.1) is 22.7 Å². The third kappa shape index (κ3) is 1.80. The monoisotopic (exact) mass is 282 g/mol. The Bertz CT molecular complexity index is 1050. The van der Waals surface area contributed by atoms with Gasteiger partial charge < -0.3 is 4.57 Å². The smallest absolute Gasteiger partial charge is 0.0991 e. The Morgan fingerprint density at radius 2 is 1.64 bits per heavy atom. The van der Waals surface area contributed by atoms with Crippen LogP contribution < -0.4 is 0 Å². The number of para-hydroxylation sites is 1. The summed E-state index contributed by atoms with van der Waals surface area (Å²) in [5, 5.41) is 11.5. The summed E-state index contributed by atoms with van der Waals surface area (Å²) in [4.78, 5) is 0. The van der Waals surface area contributed by atoms with Crippen LogP contribution in [-0.2, 0) is 0 Å². The molecule has 2 nitrogen and oxygen atoms in total. The molecule has 0 aliphatic rings. The van der Waals surface area contributed by atoms with Crippen LogP contribution >= 0.6 is 0 Å². The highest BCUT2D eigenvalue weighted by molar-refractivity contribution is 6.09. The summed E-state index contributed by atoms with van der Waals surface area (Å²) in [6.07, 6.45) is 0. The molecule has 4 rings (SSSR count). The Morgan fingerprint density at radius 1 is 0.818 bits per heavy atom. The number of fused-ring (bicyclic) bond motifs is 3. The number of aromatic nitrogens is 1. The SMILES string of the molecule is Cc1cccc(-n2c3ccccc3c3cc(C#N)ccc32)c1. The molecule has 0 radical (unpaired) electrons. The van der Waals surface area contributed by atoms with Gasteiger partial charge in [0.2, 0.25) is 0 Å². The number of benzene rings is 3. The van der Waals surface area contributed by atoms with Crippen molar-refractivity contribution >= 4 is 21.8 Å². The molecule has 2 heteroatoms. The van der Waals surface area contributed by atoms with E-state index in [1.54, 1.807) is 0 Å². The molecule has 0 unspecified atom stereocenters. The zero-order chi connectivity index (χ0) is 15.1. The first-order valence-electron chi connectivity index (χ1n) is 7.28. The molecule has 0 aliphatic carbocycles. The van der Waals surface area contributed by atoms with E-state index in [4.69, 9.17) is 0 Å². The molecule has 0 atom stereocenters. The first-order chi connectivity index (χ1) is 10.8. The molecule has 0 saturated heterocycles. The lowest BCUT2D eigenvalue weighted by Gasteiger charge is -2.08. The minimum absolute atomic E-state index is 0.694. The van der Waals surface area contributed by atoms with Crippen molar-refractivity contribution in [3.8, 4) is 11.8 Å². The second kappa shape index (κ2) is 4.75. The maximum atomic E-state index is 9.17. The summed E-state index contributed by atoms with van der Waals surface area (Å²) in [5.74, 6) is 0. The Morgan fingerprint density at radius 3 is 2.45 bits per heavy atom. The molecule has 0 spiro atoms. The number of nitrogens with zero attached hydrogens (tertiary/aromatic N) is 2. The van der Waals surface area contributed by atoms with E-state index in [1.165, 1.54) is 10.9 Å². The summed E-state index contributed by atoms with van der Waals surface area (Å²) in [6, 6.07) is 25.0. The lowest BCUT2D eigenvalue weighted by atomic mass is 10.1. The molecule has 0 aliphatic heterocycles. The fraction of sp³-hybridized carbons (Fsp3) is 0.0500. The van der Waals surface area contributed by atoms with E-state index in [9.17, 15) is 5.26 Å². The van der Waals surface area contributed by atoms with Gasteiger partial charge in [-0.2, -0.15) is 5.26 Å². The van der Waals surface area contributed by atoms with Crippen LogP contribution in [0.3, 0.4) is 0 Å². The second-order valence-electron chi connectivity index (χ2n) is 5.54. The molecule has 22 heavy (non-hydrogen) atoms. The maximum absolute atomic E-state index is 9.17. The van der Waals surface area contributed by atoms with E-state index in [2.05, 4.69) is 60.0 Å². The molecule has 1 heterocycles. The largest absolute Gasteiger partial charge is 0.309 e. The number of hydrogen-bond donors (Lipinski definition) is 0. The summed E-state index contributed by atoms with van der Waals surface area (Å²) >= 11 is 0. The van der Waals surface area contributed by atoms with Crippen LogP contribution in [0, 0.1) is 18.3 Å². The predicted octanol–water partition coefficient (Wildman–Crippen LogP) is 4.96. The Balaban J connectivity index is 2.19. The summed E-state index contributed by atoms with van der Waals surface area (Å²) in [6.45, 7) is 2.10. The van der Waals surface area contributed by atoms with Crippen molar-refractivity contribution in [2.75, 3.05) is 0 Å². The van der Waals surface area contributed by atoms with Crippen LogP contribution in [0.5, 0.6) is 0 Å². The average Bonchev–Trinajstić information content (AvgIpc) is 2.88. The zero-order valence-electron chi connectivity index (χ0n) is 12.2. The standard InChI is InChI=1S/C20H14N2/c1-14-5-4-6-16(11-14)22-19-8-3-2-7-17(19)18-12-15(13-21)9-10-20(18)22/h2-12H,1H3. The van der Waals surface area contributed by atoms with Gasteiger partial charge in [-0.25, -0.2) is 0 Å². The van der Waals surface area contributed by atoms with Gasteiger partial charge in [-0.15, -0.1) is 0 Å². The number of rotatable bonds is 1. The third-order valence-electron chi connectivity index (χ3n) is 4.06. The normalized spacial score (nSPS) is 10.9. The van der Waals surface area contributed by atoms with Gasteiger partial charge in [0.1, 0.15) is 0 Å². The van der Waals surface area contributed by atoms with E-state index in [1.807, 2.05) is 24.3 Å². The molecule has 0 bridgehead atoms. The summed E-state index contributed by atoms with van der Waals surface area (Å²) in [5.41, 5.74) is 5.37. The molecule has 104 valence electrons. The fourth-order valence-electron chi connectivity index (χ4n) is 3.09. The van der Waals surface area contributed by atoms with E-state index >= 15 is 0 Å². The lowest BCUT2D eigenvalue weighted by molar-refractivity contribution is 1.17. The molecular weight excluding hydrogens is 268 g/mol. The highest BCUT2D eigenvalue weighted by atomic mass is 15.0. The van der Waals surface area contributed by atoms with Crippen molar-refractivity contribution in [1.29, 1.82) is 5.26 Å². The molecule has 4 aromatic rings. The molecule has 0 fully saturated rings. The first kappa shape index (κ1) is 12.7. The van der Waals surface area contributed by atoms with Gasteiger partial charge in [0, 0.05) is 16.5 Å². The first-order valence-corrected chi connectivity index (χ1v) is 7.28. The van der Waals surface area contributed by atoms with Gasteiger partial charge in [0.15, 0.2) is 0 Å². The molecule has 0 amide bonds. The summed E-state index contributed by atoms with van der Waals surface area (Å²) < 4.78 is 2.26. The van der Waals surface area contributed by atoms with Gasteiger partial charge >= 0.3 is 0 Å². The number of hydrogen-bond acceptors (Lipinski definition) is 1. The van der Waals surface area contributed by atoms with E-state index in [-0.39, 0.29) is 0 Å². The fourth-order valence-corrected chi connectivity index (χ4v) is 3.09. The number of nitriles is 1. The van der Waals surface area contributed by atoms with E-state index in [0.717, 1.165) is 22.1 Å². The molecule has 0 saturated carbocycles. The second-order valence-corrected chi connectivity index (χ2v) is 5.54. The average molecular weight is 282 g/mol. The minimum Gasteiger partial charge on any atom is -0.309 e. The van der Waals surface area contributed by atoms with Crippen molar-refractivity contribution in [1.82, 2.24) is 4.57 Å². The van der Waals surface area contributed by atoms with Crippen molar-refractivity contribution in [3.63, 3.8) is 0 Å². The van der Waals surface area contributed by atoms with Crippen molar-refractivity contribution in [3.05, 3.63) is 77.9 Å². The Hall–Kier alpha value is -3.05. The third-order valence-corrected chi connectivity index (χ3v) is 4.06. The van der Waals surface area contributed by atoms with Gasteiger partial charge in [-0.1, -0.05) is 30.3 Å². The van der Waals surface area contributed by atoms with Crippen LogP contribution in [0.1, 0.15) is 11.1 Å². The Kier molecular flexibility index (Phi) is 2.74. The molecular formula is C20H14N2. The van der Waals surface area contributed by atoms with Gasteiger partial charge in [-0.3, -0.25) is 0 Å². The Labute approximate surface area is 128 Å². The zero-order valence-corrected chi connectivity index (χ0v) is 12.2. The van der Waals surface area contributed by atoms with Crippen LogP contribution in [-0.4, -0.2) is 4.57 Å². The van der Waals surface area contributed by atoms with Crippen molar-refractivity contribution < 1.29 is 0 Å². The molecule has 1 aromatic heterocycles. The molecule has 3 aromatic carbocycles. The highest BCUT2D eigenvalue weighted by Crippen LogP contribution is 2.32. The predicted molar refractivity (Wildman–Crippen MR) is 90.2 cm³/mol. The summed E-state index contributed by atoms with van der Waals surface area (Å²) in [7, 11) is 0. The van der Waals surface area contributed by atoms with Crippen LogP contribution in [0.4, 0.5) is 0 Å².